The molecule has 0 amide bonds. The van der Waals surface area contributed by atoms with Gasteiger partial charge in [-0.1, -0.05) is 12.1 Å². The van der Waals surface area contributed by atoms with E-state index in [0.29, 0.717) is 12.0 Å². The van der Waals surface area contributed by atoms with Gasteiger partial charge in [0.15, 0.2) is 0 Å². The topological polar surface area (TPSA) is 50.2 Å². The number of para-hydroxylation sites is 1. The standard InChI is InChI=1S/C11H9NO2S/c13-6-5-8-7-12-11(15-8)9-3-1-2-4-10(9)14/h1-4,6-7,14H,5H2. The summed E-state index contributed by atoms with van der Waals surface area (Å²) in [4.78, 5) is 15.4. The lowest BCUT2D eigenvalue weighted by Gasteiger charge is -1.98. The monoisotopic (exact) mass is 219 g/mol. The molecule has 15 heavy (non-hydrogen) atoms. The van der Waals surface area contributed by atoms with Gasteiger partial charge >= 0.3 is 0 Å². The van der Waals surface area contributed by atoms with Gasteiger partial charge in [-0.3, -0.25) is 0 Å². The van der Waals surface area contributed by atoms with E-state index in [0.717, 1.165) is 16.2 Å². The van der Waals surface area contributed by atoms with Crippen molar-refractivity contribution in [3.05, 3.63) is 35.3 Å². The lowest BCUT2D eigenvalue weighted by Crippen LogP contribution is -1.76. The smallest absolute Gasteiger partial charge is 0.127 e. The molecule has 0 fully saturated rings. The Morgan fingerprint density at radius 1 is 1.40 bits per heavy atom. The maximum atomic E-state index is 10.3. The fraction of sp³-hybridized carbons (Fsp3) is 0.0909. The third-order valence-electron chi connectivity index (χ3n) is 1.97. The zero-order valence-electron chi connectivity index (χ0n) is 7.88. The molecular formula is C11H9NO2S. The van der Waals surface area contributed by atoms with Gasteiger partial charge < -0.3 is 9.90 Å². The van der Waals surface area contributed by atoms with Crippen LogP contribution < -0.4 is 0 Å². The number of aromatic hydroxyl groups is 1. The van der Waals surface area contributed by atoms with Crippen LogP contribution in [0.3, 0.4) is 0 Å². The minimum Gasteiger partial charge on any atom is -0.507 e. The van der Waals surface area contributed by atoms with Gasteiger partial charge in [0.25, 0.3) is 0 Å². The molecule has 0 bridgehead atoms. The number of hydrogen-bond acceptors (Lipinski definition) is 4. The van der Waals surface area contributed by atoms with E-state index >= 15 is 0 Å². The van der Waals surface area contributed by atoms with Crippen LogP contribution in [0.5, 0.6) is 5.75 Å². The van der Waals surface area contributed by atoms with E-state index in [-0.39, 0.29) is 5.75 Å². The van der Waals surface area contributed by atoms with Gasteiger partial charge in [0.05, 0.1) is 5.56 Å². The summed E-state index contributed by atoms with van der Waals surface area (Å²) < 4.78 is 0. The van der Waals surface area contributed by atoms with Crippen molar-refractivity contribution >= 4 is 17.6 Å². The van der Waals surface area contributed by atoms with Crippen molar-refractivity contribution in [3.8, 4) is 16.3 Å². The van der Waals surface area contributed by atoms with Crippen LogP contribution in [-0.2, 0) is 11.2 Å². The predicted molar refractivity (Wildman–Crippen MR) is 59.0 cm³/mol. The molecule has 0 spiro atoms. The summed E-state index contributed by atoms with van der Waals surface area (Å²) in [5, 5.41) is 10.3. The molecule has 0 saturated carbocycles. The molecule has 0 aliphatic rings. The van der Waals surface area contributed by atoms with E-state index in [2.05, 4.69) is 4.98 Å². The van der Waals surface area contributed by atoms with Crippen molar-refractivity contribution in [2.45, 2.75) is 6.42 Å². The number of nitrogens with zero attached hydrogens (tertiary/aromatic N) is 1. The summed E-state index contributed by atoms with van der Waals surface area (Å²) in [5.41, 5.74) is 0.708. The number of carbonyl (C=O) groups excluding carboxylic acids is 1. The molecule has 1 N–H and O–H groups in total. The molecule has 1 heterocycles. The van der Waals surface area contributed by atoms with Gasteiger partial charge in [-0.15, -0.1) is 11.3 Å². The average Bonchev–Trinajstić information content (AvgIpc) is 2.68. The first kappa shape index (κ1) is 9.86. The molecule has 1 aromatic heterocycles. The second-order valence-electron chi connectivity index (χ2n) is 3.02. The molecule has 0 aliphatic carbocycles. The molecule has 1 aromatic carbocycles. The molecule has 3 nitrogen and oxygen atoms in total. The van der Waals surface area contributed by atoms with Crippen molar-refractivity contribution in [2.24, 2.45) is 0 Å². The van der Waals surface area contributed by atoms with E-state index in [4.69, 9.17) is 0 Å². The Morgan fingerprint density at radius 2 is 2.20 bits per heavy atom. The Labute approximate surface area is 91.0 Å². The Morgan fingerprint density at radius 3 is 2.93 bits per heavy atom. The first-order valence-corrected chi connectivity index (χ1v) is 5.29. The van der Waals surface area contributed by atoms with Crippen molar-refractivity contribution < 1.29 is 9.90 Å². The van der Waals surface area contributed by atoms with Crippen LogP contribution in [0, 0.1) is 0 Å². The maximum absolute atomic E-state index is 10.3. The molecule has 0 atom stereocenters. The van der Waals surface area contributed by atoms with Gasteiger partial charge in [0.2, 0.25) is 0 Å². The zero-order chi connectivity index (χ0) is 10.7. The first-order chi connectivity index (χ1) is 7.31. The summed E-state index contributed by atoms with van der Waals surface area (Å²) in [6, 6.07) is 7.03. The third kappa shape index (κ3) is 2.05. The quantitative estimate of drug-likeness (QED) is 0.805. The molecule has 4 heteroatoms. The molecule has 2 aromatic rings. The van der Waals surface area contributed by atoms with Crippen LogP contribution in [0.25, 0.3) is 10.6 Å². The Kier molecular flexibility index (Phi) is 2.78. The lowest BCUT2D eigenvalue weighted by molar-refractivity contribution is -0.107. The second-order valence-corrected chi connectivity index (χ2v) is 4.13. The van der Waals surface area contributed by atoms with E-state index in [1.807, 2.05) is 6.07 Å². The number of phenols is 1. The molecule has 76 valence electrons. The van der Waals surface area contributed by atoms with Gasteiger partial charge in [-0.2, -0.15) is 0 Å². The zero-order valence-corrected chi connectivity index (χ0v) is 8.70. The summed E-state index contributed by atoms with van der Waals surface area (Å²) in [6.07, 6.45) is 2.90. The van der Waals surface area contributed by atoms with Crippen molar-refractivity contribution in [3.63, 3.8) is 0 Å². The van der Waals surface area contributed by atoms with Crippen molar-refractivity contribution in [1.82, 2.24) is 4.98 Å². The van der Waals surface area contributed by atoms with Crippen molar-refractivity contribution in [2.75, 3.05) is 0 Å². The molecule has 0 saturated heterocycles. The lowest BCUT2D eigenvalue weighted by atomic mass is 10.2. The SMILES string of the molecule is O=CCc1cnc(-c2ccccc2O)s1. The highest BCUT2D eigenvalue weighted by Gasteiger charge is 2.07. The van der Waals surface area contributed by atoms with Crippen LogP contribution in [0.1, 0.15) is 4.88 Å². The minimum absolute atomic E-state index is 0.213. The first-order valence-electron chi connectivity index (χ1n) is 4.48. The Hall–Kier alpha value is -1.68. The van der Waals surface area contributed by atoms with Crippen LogP contribution in [-0.4, -0.2) is 16.4 Å². The molecular weight excluding hydrogens is 210 g/mol. The predicted octanol–water partition coefficient (Wildman–Crippen LogP) is 2.26. The Balaban J connectivity index is 2.37. The van der Waals surface area contributed by atoms with Gasteiger partial charge in [-0.25, -0.2) is 4.98 Å². The highest BCUT2D eigenvalue weighted by Crippen LogP contribution is 2.31. The second kappa shape index (κ2) is 4.23. The number of rotatable bonds is 3. The fourth-order valence-electron chi connectivity index (χ4n) is 1.26. The fourth-order valence-corrected chi connectivity index (χ4v) is 2.16. The maximum Gasteiger partial charge on any atom is 0.127 e. The van der Waals surface area contributed by atoms with Crippen LogP contribution in [0.2, 0.25) is 0 Å². The molecule has 0 unspecified atom stereocenters. The molecule has 2 rings (SSSR count). The summed E-state index contributed by atoms with van der Waals surface area (Å²) >= 11 is 1.42. The van der Waals surface area contributed by atoms with Crippen molar-refractivity contribution in [1.29, 1.82) is 0 Å². The largest absolute Gasteiger partial charge is 0.507 e. The normalized spacial score (nSPS) is 10.1. The average molecular weight is 219 g/mol. The molecule has 0 radical (unpaired) electrons. The summed E-state index contributed by atoms with van der Waals surface area (Å²) in [5.74, 6) is 0.213. The van der Waals surface area contributed by atoms with E-state index < -0.39 is 0 Å². The number of carbonyl (C=O) groups is 1. The third-order valence-corrected chi connectivity index (χ3v) is 3.03. The van der Waals surface area contributed by atoms with Crippen LogP contribution >= 0.6 is 11.3 Å². The van der Waals surface area contributed by atoms with Gasteiger partial charge in [-0.05, 0) is 12.1 Å². The number of aldehydes is 1. The highest BCUT2D eigenvalue weighted by atomic mass is 32.1. The van der Waals surface area contributed by atoms with E-state index in [9.17, 15) is 9.90 Å². The number of aromatic nitrogens is 1. The number of hydrogen-bond donors (Lipinski definition) is 1. The summed E-state index contributed by atoms with van der Waals surface area (Å²) in [7, 11) is 0. The minimum atomic E-state index is 0.213. The van der Waals surface area contributed by atoms with E-state index in [1.165, 1.54) is 11.3 Å². The number of phenolic OH excluding ortho intramolecular Hbond substituents is 1. The number of benzene rings is 1. The summed E-state index contributed by atoms with van der Waals surface area (Å²) in [6.45, 7) is 0. The van der Waals surface area contributed by atoms with Crippen LogP contribution in [0.15, 0.2) is 30.5 Å². The highest BCUT2D eigenvalue weighted by molar-refractivity contribution is 7.15. The molecule has 0 aliphatic heterocycles. The van der Waals surface area contributed by atoms with Gasteiger partial charge in [0.1, 0.15) is 17.0 Å². The van der Waals surface area contributed by atoms with E-state index in [1.54, 1.807) is 24.4 Å². The van der Waals surface area contributed by atoms with Gasteiger partial charge in [0, 0.05) is 17.5 Å². The Bertz CT molecular complexity index is 479. The number of thiazole rings is 1. The van der Waals surface area contributed by atoms with Crippen LogP contribution in [0.4, 0.5) is 0 Å².